The summed E-state index contributed by atoms with van der Waals surface area (Å²) in [6.45, 7) is 1.85. The first kappa shape index (κ1) is 14.4. The molecule has 0 radical (unpaired) electrons. The van der Waals surface area contributed by atoms with Crippen LogP contribution in [0, 0.1) is 6.92 Å². The summed E-state index contributed by atoms with van der Waals surface area (Å²) in [6, 6.07) is 12.7. The number of ether oxygens (including phenoxy) is 1. The molecule has 0 bridgehead atoms. The zero-order valence-corrected chi connectivity index (χ0v) is 12.6. The Bertz CT molecular complexity index is 629. The van der Waals surface area contributed by atoms with E-state index >= 15 is 0 Å². The van der Waals surface area contributed by atoms with Crippen LogP contribution in [0.4, 0.5) is 11.4 Å². The minimum atomic E-state index is -0.218. The lowest BCUT2D eigenvalue weighted by Crippen LogP contribution is -2.20. The van der Waals surface area contributed by atoms with Gasteiger partial charge in [0.15, 0.2) is 6.61 Å². The minimum Gasteiger partial charge on any atom is -0.483 e. The van der Waals surface area contributed by atoms with E-state index in [1.54, 1.807) is 12.1 Å². The minimum absolute atomic E-state index is 0.0587. The fourth-order valence-electron chi connectivity index (χ4n) is 1.68. The van der Waals surface area contributed by atoms with Gasteiger partial charge >= 0.3 is 0 Å². The van der Waals surface area contributed by atoms with E-state index in [9.17, 15) is 4.79 Å². The van der Waals surface area contributed by atoms with Crippen LogP contribution in [-0.2, 0) is 4.79 Å². The van der Waals surface area contributed by atoms with Crippen LogP contribution in [0.15, 0.2) is 46.9 Å². The predicted octanol–water partition coefficient (Wildman–Crippen LogP) is 3.36. The molecule has 104 valence electrons. The van der Waals surface area contributed by atoms with Crippen LogP contribution in [0.2, 0.25) is 0 Å². The maximum atomic E-state index is 11.8. The quantitative estimate of drug-likeness (QED) is 0.842. The van der Waals surface area contributed by atoms with Gasteiger partial charge in [-0.05, 0) is 36.8 Å². The molecule has 0 unspecified atom stereocenters. The second-order valence-electron chi connectivity index (χ2n) is 4.37. The van der Waals surface area contributed by atoms with Crippen LogP contribution in [0.25, 0.3) is 0 Å². The third-order valence-corrected chi connectivity index (χ3v) is 3.17. The molecule has 2 rings (SSSR count). The Morgan fingerprint density at radius 1 is 1.30 bits per heavy atom. The molecule has 2 aromatic carbocycles. The molecule has 4 nitrogen and oxygen atoms in total. The molecule has 3 N–H and O–H groups in total. The van der Waals surface area contributed by atoms with Crippen molar-refractivity contribution in [2.75, 3.05) is 17.7 Å². The maximum absolute atomic E-state index is 11.8. The standard InChI is InChI=1S/C15H15BrN2O2/c1-10-5-6-12(17)8-14(10)20-9-15(19)18-13-4-2-3-11(16)7-13/h2-8H,9,17H2,1H3,(H,18,19). The molecule has 1 amide bonds. The van der Waals surface area contributed by atoms with Crippen molar-refractivity contribution in [3.05, 3.63) is 52.5 Å². The number of nitrogens with two attached hydrogens (primary N) is 1. The van der Waals surface area contributed by atoms with Crippen molar-refractivity contribution in [1.29, 1.82) is 0 Å². The van der Waals surface area contributed by atoms with Gasteiger partial charge in [-0.3, -0.25) is 4.79 Å². The van der Waals surface area contributed by atoms with Crippen LogP contribution in [0.1, 0.15) is 5.56 Å². The molecule has 0 aliphatic rings. The van der Waals surface area contributed by atoms with Gasteiger partial charge in [0.2, 0.25) is 0 Å². The summed E-state index contributed by atoms with van der Waals surface area (Å²) >= 11 is 3.35. The van der Waals surface area contributed by atoms with Crippen LogP contribution in [0.3, 0.4) is 0 Å². The molecular formula is C15H15BrN2O2. The zero-order valence-electron chi connectivity index (χ0n) is 11.0. The monoisotopic (exact) mass is 334 g/mol. The van der Waals surface area contributed by atoms with Crippen LogP contribution in [-0.4, -0.2) is 12.5 Å². The highest BCUT2D eigenvalue weighted by Crippen LogP contribution is 2.21. The molecule has 0 fully saturated rings. The van der Waals surface area contributed by atoms with Crippen molar-refractivity contribution in [1.82, 2.24) is 0 Å². The summed E-state index contributed by atoms with van der Waals surface area (Å²) in [4.78, 5) is 11.8. The normalized spacial score (nSPS) is 10.1. The molecule has 5 heteroatoms. The summed E-state index contributed by atoms with van der Waals surface area (Å²) in [5.74, 6) is 0.402. The molecule has 0 aromatic heterocycles. The summed E-state index contributed by atoms with van der Waals surface area (Å²) in [5.41, 5.74) is 7.96. The molecule has 20 heavy (non-hydrogen) atoms. The third-order valence-electron chi connectivity index (χ3n) is 2.68. The maximum Gasteiger partial charge on any atom is 0.262 e. The average molecular weight is 335 g/mol. The molecule has 0 aliphatic heterocycles. The van der Waals surface area contributed by atoms with Crippen LogP contribution in [0.5, 0.6) is 5.75 Å². The highest BCUT2D eigenvalue weighted by molar-refractivity contribution is 9.10. The smallest absolute Gasteiger partial charge is 0.262 e. The van der Waals surface area contributed by atoms with Crippen LogP contribution >= 0.6 is 15.9 Å². The Labute approximate surface area is 126 Å². The summed E-state index contributed by atoms with van der Waals surface area (Å²) in [5, 5.41) is 2.76. The predicted molar refractivity (Wildman–Crippen MR) is 83.9 cm³/mol. The first-order valence-electron chi connectivity index (χ1n) is 6.09. The molecule has 0 saturated heterocycles. The number of aryl methyl sites for hydroxylation is 1. The number of anilines is 2. The Morgan fingerprint density at radius 3 is 2.85 bits per heavy atom. The number of benzene rings is 2. The third kappa shape index (κ3) is 3.99. The van der Waals surface area contributed by atoms with Gasteiger partial charge in [-0.25, -0.2) is 0 Å². The lowest BCUT2D eigenvalue weighted by molar-refractivity contribution is -0.118. The van der Waals surface area contributed by atoms with Gasteiger partial charge in [-0.15, -0.1) is 0 Å². The average Bonchev–Trinajstić information content (AvgIpc) is 2.40. The van der Waals surface area contributed by atoms with E-state index in [2.05, 4.69) is 21.2 Å². The number of carbonyl (C=O) groups is 1. The first-order chi connectivity index (χ1) is 9.54. The fraction of sp³-hybridized carbons (Fsp3) is 0.133. The number of carbonyl (C=O) groups excluding carboxylic acids is 1. The molecule has 0 atom stereocenters. The van der Waals surface area contributed by atoms with Crippen molar-refractivity contribution >= 4 is 33.2 Å². The number of hydrogen-bond donors (Lipinski definition) is 2. The topological polar surface area (TPSA) is 64.3 Å². The van der Waals surface area contributed by atoms with Crippen molar-refractivity contribution in [3.63, 3.8) is 0 Å². The Morgan fingerprint density at radius 2 is 2.10 bits per heavy atom. The van der Waals surface area contributed by atoms with E-state index in [4.69, 9.17) is 10.5 Å². The molecule has 0 spiro atoms. The lowest BCUT2D eigenvalue weighted by atomic mass is 10.2. The Hall–Kier alpha value is -2.01. The second kappa shape index (κ2) is 6.43. The number of hydrogen-bond acceptors (Lipinski definition) is 3. The van der Waals surface area contributed by atoms with Crippen LogP contribution < -0.4 is 15.8 Å². The Kier molecular flexibility index (Phi) is 4.63. The van der Waals surface area contributed by atoms with Gasteiger partial charge in [0.05, 0.1) is 0 Å². The molecular weight excluding hydrogens is 320 g/mol. The molecule has 0 heterocycles. The number of rotatable bonds is 4. The first-order valence-corrected chi connectivity index (χ1v) is 6.88. The van der Waals surface area contributed by atoms with Gasteiger partial charge in [0.25, 0.3) is 5.91 Å². The van der Waals surface area contributed by atoms with E-state index in [0.29, 0.717) is 11.4 Å². The van der Waals surface area contributed by atoms with E-state index in [-0.39, 0.29) is 12.5 Å². The van der Waals surface area contributed by atoms with E-state index in [0.717, 1.165) is 15.7 Å². The fourth-order valence-corrected chi connectivity index (χ4v) is 2.08. The van der Waals surface area contributed by atoms with Gasteiger partial charge in [-0.2, -0.15) is 0 Å². The van der Waals surface area contributed by atoms with E-state index in [1.807, 2.05) is 37.3 Å². The second-order valence-corrected chi connectivity index (χ2v) is 5.29. The summed E-state index contributed by atoms with van der Waals surface area (Å²) in [6.07, 6.45) is 0. The zero-order chi connectivity index (χ0) is 14.5. The molecule has 0 aliphatic carbocycles. The van der Waals surface area contributed by atoms with Gasteiger partial charge < -0.3 is 15.8 Å². The lowest BCUT2D eigenvalue weighted by Gasteiger charge is -2.10. The number of nitrogen functional groups attached to an aromatic ring is 1. The van der Waals surface area contributed by atoms with Crippen molar-refractivity contribution in [2.24, 2.45) is 0 Å². The van der Waals surface area contributed by atoms with Crippen molar-refractivity contribution in [2.45, 2.75) is 6.92 Å². The Balaban J connectivity index is 1.94. The largest absolute Gasteiger partial charge is 0.483 e. The van der Waals surface area contributed by atoms with Gasteiger partial charge in [0.1, 0.15) is 5.75 Å². The molecule has 0 saturated carbocycles. The highest BCUT2D eigenvalue weighted by atomic mass is 79.9. The summed E-state index contributed by atoms with van der Waals surface area (Å²) < 4.78 is 6.38. The van der Waals surface area contributed by atoms with E-state index < -0.39 is 0 Å². The van der Waals surface area contributed by atoms with Gasteiger partial charge in [0, 0.05) is 21.9 Å². The SMILES string of the molecule is Cc1ccc(N)cc1OCC(=O)Nc1cccc(Br)c1. The molecule has 2 aromatic rings. The number of nitrogens with one attached hydrogen (secondary N) is 1. The highest BCUT2D eigenvalue weighted by Gasteiger charge is 2.06. The van der Waals surface area contributed by atoms with Crippen molar-refractivity contribution < 1.29 is 9.53 Å². The number of amides is 1. The summed E-state index contributed by atoms with van der Waals surface area (Å²) in [7, 11) is 0. The van der Waals surface area contributed by atoms with E-state index in [1.165, 1.54) is 0 Å². The number of halogens is 1. The van der Waals surface area contributed by atoms with Crippen molar-refractivity contribution in [3.8, 4) is 5.75 Å². The van der Waals surface area contributed by atoms with Gasteiger partial charge in [-0.1, -0.05) is 28.1 Å².